The second-order valence-corrected chi connectivity index (χ2v) is 7.28. The number of benzene rings is 2. The van der Waals surface area contributed by atoms with E-state index in [9.17, 15) is 13.2 Å². The van der Waals surface area contributed by atoms with Crippen molar-refractivity contribution >= 4 is 21.8 Å². The van der Waals surface area contributed by atoms with E-state index in [1.807, 2.05) is 6.07 Å². The van der Waals surface area contributed by atoms with Crippen LogP contribution in [0.25, 0.3) is 0 Å². The molecule has 1 aliphatic heterocycles. The zero-order valence-corrected chi connectivity index (χ0v) is 14.7. The molecule has 0 aliphatic carbocycles. The van der Waals surface area contributed by atoms with Gasteiger partial charge in [0.05, 0.1) is 11.6 Å². The average molecular weight is 369 g/mol. The topological polar surface area (TPSA) is 99.8 Å². The van der Waals surface area contributed by atoms with Gasteiger partial charge in [-0.05, 0) is 29.8 Å². The molecule has 0 bridgehead atoms. The van der Waals surface area contributed by atoms with Crippen LogP contribution in [0.5, 0.6) is 0 Å². The van der Waals surface area contributed by atoms with Crippen molar-refractivity contribution in [2.75, 3.05) is 13.6 Å². The van der Waals surface area contributed by atoms with Crippen LogP contribution >= 0.6 is 0 Å². The van der Waals surface area contributed by atoms with Gasteiger partial charge in [-0.25, -0.2) is 0 Å². The fraction of sp³-hybridized carbons (Fsp3) is 0.167. The van der Waals surface area contributed by atoms with Gasteiger partial charge in [0.1, 0.15) is 18.0 Å². The van der Waals surface area contributed by atoms with Crippen molar-refractivity contribution in [2.24, 2.45) is 4.40 Å². The highest BCUT2D eigenvalue weighted by atomic mass is 32.2. The Morgan fingerprint density at radius 3 is 2.58 bits per heavy atom. The van der Waals surface area contributed by atoms with E-state index >= 15 is 0 Å². The molecule has 0 unspecified atom stereocenters. The molecule has 1 heterocycles. The molecule has 0 aromatic heterocycles. The lowest BCUT2D eigenvalue weighted by Crippen LogP contribution is -2.32. The average Bonchev–Trinajstić information content (AvgIpc) is 2.92. The predicted molar refractivity (Wildman–Crippen MR) is 93.7 cm³/mol. The van der Waals surface area contributed by atoms with Crippen molar-refractivity contribution in [2.45, 2.75) is 11.5 Å². The number of ether oxygens (including phenoxy) is 1. The molecule has 0 amide bonds. The van der Waals surface area contributed by atoms with Crippen LogP contribution < -0.4 is 0 Å². The van der Waals surface area contributed by atoms with Crippen molar-refractivity contribution in [1.82, 2.24) is 4.90 Å². The highest BCUT2D eigenvalue weighted by molar-refractivity contribution is 7.90. The number of nitrogens with zero attached hydrogens (tertiary/aromatic N) is 3. The largest absolute Gasteiger partial charge is 0.459 e. The zero-order chi connectivity index (χ0) is 18.7. The van der Waals surface area contributed by atoms with E-state index in [4.69, 9.17) is 10.00 Å². The summed E-state index contributed by atoms with van der Waals surface area (Å²) in [5.74, 6) is -0.294. The Bertz CT molecular complexity index is 1020. The first-order valence-electron chi connectivity index (χ1n) is 7.71. The molecule has 26 heavy (non-hydrogen) atoms. The monoisotopic (exact) mass is 369 g/mol. The highest BCUT2D eigenvalue weighted by Crippen LogP contribution is 2.26. The second kappa shape index (κ2) is 6.98. The molecule has 0 atom stereocenters. The van der Waals surface area contributed by atoms with Crippen LogP contribution in [0.3, 0.4) is 0 Å². The maximum atomic E-state index is 12.1. The number of nitriles is 1. The zero-order valence-electron chi connectivity index (χ0n) is 13.9. The SMILES string of the molecule is CN(CC(=O)OCc1ccc(C#N)cc1)C1=NS(=O)(=O)c2ccccc21. The molecule has 2 aromatic carbocycles. The number of fused-ring (bicyclic) bond motifs is 1. The van der Waals surface area contributed by atoms with Gasteiger partial charge in [-0.1, -0.05) is 24.3 Å². The quantitative estimate of drug-likeness (QED) is 0.760. The maximum absolute atomic E-state index is 12.1. The summed E-state index contributed by atoms with van der Waals surface area (Å²) >= 11 is 0. The van der Waals surface area contributed by atoms with Crippen LogP contribution in [0.4, 0.5) is 0 Å². The summed E-state index contributed by atoms with van der Waals surface area (Å²) < 4.78 is 33.1. The maximum Gasteiger partial charge on any atom is 0.325 e. The fourth-order valence-corrected chi connectivity index (χ4v) is 3.77. The van der Waals surface area contributed by atoms with Gasteiger partial charge in [0.15, 0.2) is 5.84 Å². The van der Waals surface area contributed by atoms with Gasteiger partial charge in [0, 0.05) is 12.6 Å². The molecular weight excluding hydrogens is 354 g/mol. The lowest BCUT2D eigenvalue weighted by Gasteiger charge is -2.18. The van der Waals surface area contributed by atoms with Gasteiger partial charge in [-0.15, -0.1) is 4.40 Å². The van der Waals surface area contributed by atoms with Gasteiger partial charge in [-0.2, -0.15) is 13.7 Å². The first-order chi connectivity index (χ1) is 12.4. The minimum atomic E-state index is -3.73. The molecule has 0 spiro atoms. The van der Waals surface area contributed by atoms with E-state index in [1.165, 1.54) is 11.0 Å². The smallest absolute Gasteiger partial charge is 0.325 e. The second-order valence-electron chi connectivity index (χ2n) is 5.71. The van der Waals surface area contributed by atoms with Crippen LogP contribution in [0.1, 0.15) is 16.7 Å². The molecule has 0 radical (unpaired) electrons. The number of esters is 1. The first-order valence-corrected chi connectivity index (χ1v) is 9.15. The van der Waals surface area contributed by atoms with E-state index < -0.39 is 16.0 Å². The Hall–Kier alpha value is -3.18. The number of amidine groups is 1. The Morgan fingerprint density at radius 2 is 1.88 bits per heavy atom. The van der Waals surface area contributed by atoms with E-state index in [2.05, 4.69) is 4.40 Å². The molecule has 2 aromatic rings. The number of rotatable bonds is 4. The summed E-state index contributed by atoms with van der Waals surface area (Å²) in [4.78, 5) is 13.6. The first kappa shape index (κ1) is 17.6. The molecule has 3 rings (SSSR count). The lowest BCUT2D eigenvalue weighted by atomic mass is 10.2. The number of likely N-dealkylation sites (N-methyl/N-ethyl adjacent to an activating group) is 1. The van der Waals surface area contributed by atoms with E-state index in [1.54, 1.807) is 49.5 Å². The summed E-state index contributed by atoms with van der Waals surface area (Å²) in [6.07, 6.45) is 0. The predicted octanol–water partition coefficient (Wildman–Crippen LogP) is 1.68. The standard InChI is InChI=1S/C18H15N3O4S/c1-21(18-15-4-2-3-5-16(15)26(23,24)20-18)11-17(22)25-12-14-8-6-13(10-19)7-9-14/h2-9H,11-12H2,1H3. The van der Waals surface area contributed by atoms with Gasteiger partial charge in [0.25, 0.3) is 10.0 Å². The number of hydrogen-bond acceptors (Lipinski definition) is 6. The van der Waals surface area contributed by atoms with Crippen molar-refractivity contribution in [1.29, 1.82) is 5.26 Å². The van der Waals surface area contributed by atoms with Crippen LogP contribution in [0, 0.1) is 11.3 Å². The third kappa shape index (κ3) is 3.58. The Morgan fingerprint density at radius 1 is 1.19 bits per heavy atom. The molecular formula is C18H15N3O4S. The molecule has 0 saturated carbocycles. The summed E-state index contributed by atoms with van der Waals surface area (Å²) in [6.45, 7) is -0.0707. The van der Waals surface area contributed by atoms with Crippen LogP contribution in [-0.4, -0.2) is 38.7 Å². The summed E-state index contributed by atoms with van der Waals surface area (Å²) in [6, 6.07) is 15.2. The van der Waals surface area contributed by atoms with Crippen molar-refractivity contribution in [3.8, 4) is 6.07 Å². The minimum absolute atomic E-state index is 0.0692. The molecule has 132 valence electrons. The molecule has 1 aliphatic rings. The third-order valence-electron chi connectivity index (χ3n) is 3.82. The normalized spacial score (nSPS) is 14.1. The summed E-state index contributed by atoms with van der Waals surface area (Å²) in [7, 11) is -2.15. The summed E-state index contributed by atoms with van der Waals surface area (Å²) in [5.41, 5.74) is 1.75. The van der Waals surface area contributed by atoms with E-state index in [0.717, 1.165) is 5.56 Å². The molecule has 7 nitrogen and oxygen atoms in total. The Labute approximate surface area is 151 Å². The fourth-order valence-electron chi connectivity index (χ4n) is 2.52. The van der Waals surface area contributed by atoms with Crippen LogP contribution in [-0.2, 0) is 26.2 Å². The molecule has 0 N–H and O–H groups in total. The lowest BCUT2D eigenvalue weighted by molar-refractivity contribution is -0.145. The Balaban J connectivity index is 1.64. The van der Waals surface area contributed by atoms with E-state index in [0.29, 0.717) is 11.1 Å². The number of carbonyl (C=O) groups excluding carboxylic acids is 1. The number of hydrogen-bond donors (Lipinski definition) is 0. The van der Waals surface area contributed by atoms with Gasteiger partial charge < -0.3 is 9.64 Å². The van der Waals surface area contributed by atoms with Crippen molar-refractivity contribution in [3.63, 3.8) is 0 Å². The molecule has 8 heteroatoms. The van der Waals surface area contributed by atoms with Gasteiger partial charge in [0.2, 0.25) is 0 Å². The van der Waals surface area contributed by atoms with Crippen molar-refractivity contribution in [3.05, 3.63) is 65.2 Å². The van der Waals surface area contributed by atoms with Crippen LogP contribution in [0.2, 0.25) is 0 Å². The van der Waals surface area contributed by atoms with Gasteiger partial charge in [-0.3, -0.25) is 4.79 Å². The number of carbonyl (C=O) groups is 1. The van der Waals surface area contributed by atoms with Crippen LogP contribution in [0.15, 0.2) is 57.8 Å². The molecule has 0 fully saturated rings. The Kier molecular flexibility index (Phi) is 4.73. The summed E-state index contributed by atoms with van der Waals surface area (Å²) in [5, 5.41) is 8.76. The van der Waals surface area contributed by atoms with E-state index in [-0.39, 0.29) is 23.9 Å². The number of sulfonamides is 1. The van der Waals surface area contributed by atoms with Gasteiger partial charge >= 0.3 is 5.97 Å². The third-order valence-corrected chi connectivity index (χ3v) is 5.15. The minimum Gasteiger partial charge on any atom is -0.459 e. The van der Waals surface area contributed by atoms with Crippen molar-refractivity contribution < 1.29 is 17.9 Å². The highest BCUT2D eigenvalue weighted by Gasteiger charge is 2.31. The molecule has 0 saturated heterocycles.